The molecule has 1 aliphatic carbocycles. The predicted molar refractivity (Wildman–Crippen MR) is 165 cm³/mol. The van der Waals surface area contributed by atoms with E-state index in [4.69, 9.17) is 35.8 Å². The van der Waals surface area contributed by atoms with Crippen molar-refractivity contribution >= 4 is 54.2 Å². The van der Waals surface area contributed by atoms with E-state index in [0.29, 0.717) is 17.1 Å². The van der Waals surface area contributed by atoms with Gasteiger partial charge in [0, 0.05) is 4.75 Å². The summed E-state index contributed by atoms with van der Waals surface area (Å²) >= 11 is 7.70. The lowest BCUT2D eigenvalue weighted by atomic mass is 9.77. The summed E-state index contributed by atoms with van der Waals surface area (Å²) in [4.78, 5) is 12.7. The van der Waals surface area contributed by atoms with E-state index in [9.17, 15) is 5.11 Å². The van der Waals surface area contributed by atoms with Crippen molar-refractivity contribution in [1.29, 1.82) is 0 Å². The van der Waals surface area contributed by atoms with Crippen LogP contribution in [0.4, 0.5) is 5.82 Å². The molecule has 3 N–H and O–H groups in total. The fraction of sp³-hybridized carbons (Fsp3) is 0.731. The number of hydrogen-bond donors (Lipinski definition) is 2. The van der Waals surface area contributed by atoms with Gasteiger partial charge in [0.2, 0.25) is 5.69 Å². The summed E-state index contributed by atoms with van der Waals surface area (Å²) < 4.78 is 27.8. The molecule has 10 nitrogen and oxygen atoms in total. The zero-order valence-corrected chi connectivity index (χ0v) is 27.9. The van der Waals surface area contributed by atoms with Crippen LogP contribution in [0.2, 0.25) is 18.1 Å². The van der Waals surface area contributed by atoms with Gasteiger partial charge in [-0.3, -0.25) is 4.57 Å². The van der Waals surface area contributed by atoms with Crippen molar-refractivity contribution in [3.63, 3.8) is 0 Å². The minimum atomic E-state index is -2.65. The average Bonchev–Trinajstić information content (AvgIpc) is 3.48. The first-order valence-corrected chi connectivity index (χ1v) is 20.7. The average molecular weight is 628 g/mol. The molecule has 14 heteroatoms. The minimum absolute atomic E-state index is 0.0309. The van der Waals surface area contributed by atoms with Crippen LogP contribution in [0.5, 0.6) is 0 Å². The van der Waals surface area contributed by atoms with Crippen LogP contribution in [-0.2, 0) is 30.0 Å². The first-order chi connectivity index (χ1) is 18.5. The van der Waals surface area contributed by atoms with Gasteiger partial charge in [0.25, 0.3) is 0 Å². The number of imidazole rings is 1. The van der Waals surface area contributed by atoms with Crippen LogP contribution in [0, 0.1) is 5.92 Å². The Morgan fingerprint density at radius 1 is 1.38 bits per heavy atom. The highest BCUT2D eigenvalue weighted by atomic mass is 32.9. The molecule has 0 aromatic carbocycles. The van der Waals surface area contributed by atoms with Crippen LogP contribution < -0.4 is 5.73 Å². The van der Waals surface area contributed by atoms with Crippen molar-refractivity contribution in [3.8, 4) is 0 Å². The van der Waals surface area contributed by atoms with E-state index >= 15 is 0 Å². The Kier molecular flexibility index (Phi) is 8.16. The third kappa shape index (κ3) is 5.58. The molecule has 2 aromatic rings. The van der Waals surface area contributed by atoms with Gasteiger partial charge in [-0.15, -0.1) is 0 Å². The van der Waals surface area contributed by atoms with E-state index < -0.39 is 38.6 Å². The number of nitrogens with two attached hydrogens (primary N) is 1. The minimum Gasteiger partial charge on any atom is -0.408 e. The Bertz CT molecular complexity index is 1340. The largest absolute Gasteiger partial charge is 0.408 e. The zero-order chi connectivity index (χ0) is 29.3. The lowest BCUT2D eigenvalue weighted by molar-refractivity contribution is -0.0475. The van der Waals surface area contributed by atoms with Gasteiger partial charge in [-0.1, -0.05) is 44.3 Å². The fourth-order valence-electron chi connectivity index (χ4n) is 5.41. The molecule has 2 aliphatic heterocycles. The van der Waals surface area contributed by atoms with Gasteiger partial charge in [0.1, 0.15) is 30.2 Å². The van der Waals surface area contributed by atoms with Crippen molar-refractivity contribution in [2.75, 3.05) is 12.3 Å². The molecule has 0 spiro atoms. The summed E-state index contributed by atoms with van der Waals surface area (Å²) in [6.45, 7) is 19.5. The smallest absolute Gasteiger partial charge is 0.248 e. The number of rotatable bonds is 7. The normalized spacial score (nSPS) is 36.7. The highest BCUT2D eigenvalue weighted by Crippen LogP contribution is 2.75. The number of aromatic nitrogens is 4. The highest BCUT2D eigenvalue weighted by Gasteiger charge is 2.55. The Morgan fingerprint density at radius 3 is 2.77 bits per heavy atom. The van der Waals surface area contributed by atoms with Crippen LogP contribution in [0.15, 0.2) is 24.8 Å². The van der Waals surface area contributed by atoms with E-state index in [-0.39, 0.29) is 28.3 Å². The van der Waals surface area contributed by atoms with Crippen LogP contribution in [-0.4, -0.2) is 68.7 Å². The first-order valence-electron chi connectivity index (χ1n) is 13.8. The Hall–Kier alpha value is -0.893. The number of nitrogen functional groups attached to an aromatic ring is 1. The lowest BCUT2D eigenvalue weighted by Gasteiger charge is -2.40. The number of allylic oxidation sites excluding steroid dienone is 1. The summed E-state index contributed by atoms with van der Waals surface area (Å²) in [5.74, 6) is 0.710. The first kappa shape index (κ1) is 30.6. The maximum atomic E-state index is 11.6. The lowest BCUT2D eigenvalue weighted by Crippen LogP contribution is -2.49. The molecule has 0 radical (unpaired) electrons. The highest BCUT2D eigenvalue weighted by molar-refractivity contribution is 8.68. The molecule has 222 valence electrons. The topological polar surface area (TPSA) is 127 Å². The van der Waals surface area contributed by atoms with Gasteiger partial charge in [-0.05, 0) is 69.0 Å². The molecule has 1 saturated carbocycles. The van der Waals surface area contributed by atoms with E-state index in [2.05, 4.69) is 69.2 Å². The van der Waals surface area contributed by atoms with E-state index in [1.807, 2.05) is 0 Å². The summed E-state index contributed by atoms with van der Waals surface area (Å²) in [6, 6.07) is 0. The second-order valence-corrected chi connectivity index (χ2v) is 24.4. The standard InChI is InChI=1S/C26H42N5O5PS2Si/c1-15(2)16-9-10-26(6)18(11-16)35-37(38,39-26)33-12-17-21(36-40(7,8)25(3,4)5)20(32)24(34-17)31-14-30-19-22(27)28-13-29-23(19)31/h13-14,16-18,20-21,24,32H,1,9-12H2,2-8H3,(H2,27,28,29)/t16-,17+,18+,20+,21+,24+,26+,37+/m0/s1. The van der Waals surface area contributed by atoms with Crippen molar-refractivity contribution in [2.45, 2.75) is 107 Å². The van der Waals surface area contributed by atoms with Crippen molar-refractivity contribution in [2.24, 2.45) is 5.92 Å². The quantitative estimate of drug-likeness (QED) is 0.227. The molecule has 2 saturated heterocycles. The number of hydrogen-bond acceptors (Lipinski definition) is 11. The number of aliphatic hydroxyl groups is 1. The molecular formula is C26H42N5O5PS2Si. The molecule has 3 fully saturated rings. The van der Waals surface area contributed by atoms with Gasteiger partial charge >= 0.3 is 0 Å². The predicted octanol–water partition coefficient (Wildman–Crippen LogP) is 5.57. The number of aliphatic hydroxyl groups excluding tert-OH is 1. The third-order valence-corrected chi connectivity index (χ3v) is 19.3. The van der Waals surface area contributed by atoms with Gasteiger partial charge < -0.3 is 29.1 Å². The van der Waals surface area contributed by atoms with Gasteiger partial charge in [0.15, 0.2) is 26.0 Å². The Morgan fingerprint density at radius 2 is 2.10 bits per heavy atom. The van der Waals surface area contributed by atoms with Crippen molar-refractivity contribution < 1.29 is 23.3 Å². The molecule has 5 rings (SSSR count). The van der Waals surface area contributed by atoms with Crippen LogP contribution >= 0.6 is 17.1 Å². The van der Waals surface area contributed by atoms with Crippen LogP contribution in [0.25, 0.3) is 11.2 Å². The molecule has 4 heterocycles. The van der Waals surface area contributed by atoms with Gasteiger partial charge in [0.05, 0.1) is 19.0 Å². The third-order valence-electron chi connectivity index (χ3n) is 9.05. The maximum absolute atomic E-state index is 11.6. The number of ether oxygens (including phenoxy) is 1. The summed E-state index contributed by atoms with van der Waals surface area (Å²) in [5, 5.41) is 11.6. The van der Waals surface area contributed by atoms with Crippen LogP contribution in [0.1, 0.15) is 60.1 Å². The molecule has 3 aliphatic rings. The van der Waals surface area contributed by atoms with E-state index in [1.165, 1.54) is 11.9 Å². The molecule has 0 unspecified atom stereocenters. The monoisotopic (exact) mass is 627 g/mol. The second kappa shape index (κ2) is 10.7. The molecule has 0 amide bonds. The molecular weight excluding hydrogens is 586 g/mol. The zero-order valence-electron chi connectivity index (χ0n) is 24.4. The Balaban J connectivity index is 1.38. The van der Waals surface area contributed by atoms with Gasteiger partial charge in [-0.2, -0.15) is 0 Å². The van der Waals surface area contributed by atoms with Gasteiger partial charge in [-0.25, -0.2) is 15.0 Å². The van der Waals surface area contributed by atoms with Crippen molar-refractivity contribution in [3.05, 3.63) is 24.8 Å². The summed E-state index contributed by atoms with van der Waals surface area (Å²) in [5.41, 5.74) is 5.49. The van der Waals surface area contributed by atoms with E-state index in [1.54, 1.807) is 22.3 Å². The molecule has 8 atom stereocenters. The Labute approximate surface area is 246 Å². The van der Waals surface area contributed by atoms with Crippen molar-refractivity contribution in [1.82, 2.24) is 19.5 Å². The van der Waals surface area contributed by atoms with Crippen LogP contribution in [0.3, 0.4) is 0 Å². The number of nitrogens with zero attached hydrogens (tertiary/aromatic N) is 4. The second-order valence-electron chi connectivity index (χ2n) is 13.0. The summed E-state index contributed by atoms with van der Waals surface area (Å²) in [7, 11) is -2.29. The maximum Gasteiger partial charge on any atom is 0.248 e. The fourth-order valence-corrected chi connectivity index (χ4v) is 13.9. The molecule has 2 aromatic heterocycles. The SMILES string of the molecule is C=C(C)[C@H]1CC[C@@]2(C)S[P@](=S)(OC[C@H]3O[C@@H](n4cnc5c(N)ncnc54)[C@H](O)[C@@H]3O[Si](C)(C)C(C)(C)C)O[C@@H]2C1. The molecule has 0 bridgehead atoms. The molecule has 40 heavy (non-hydrogen) atoms. The summed E-state index contributed by atoms with van der Waals surface area (Å²) in [6.07, 6.45) is 2.98. The van der Waals surface area contributed by atoms with E-state index in [0.717, 1.165) is 19.3 Å². The number of fused-ring (bicyclic) bond motifs is 2. The number of anilines is 1.